The second-order valence-electron chi connectivity index (χ2n) is 11.7. The molecule has 3 aromatic rings. The van der Waals surface area contributed by atoms with Crippen molar-refractivity contribution in [1.29, 1.82) is 0 Å². The number of allylic oxidation sites excluding steroid dienone is 6. The number of nitrogens with zero attached hydrogens (tertiary/aromatic N) is 2. The molecule has 0 spiro atoms. The standard InChI is InChI=1S/C33H32N2O9S/c1-2-34-24-14-28-30(41-18-39-28)16-26(24)43-32(34)12-20-4-6-22-7-5-21(11-23(22)10-20)13-33-35(8-3-9-45(36,37)38)25-15-29-31(42-19-40-29)17-27(25)44-33/h10-17,22H,2-9,18-19H2,1H3. The van der Waals surface area contributed by atoms with Crippen molar-refractivity contribution in [3.8, 4) is 28.7 Å². The van der Waals surface area contributed by atoms with Crippen LogP contribution in [0, 0.1) is 5.92 Å². The quantitative estimate of drug-likeness (QED) is 0.250. The molecule has 1 atom stereocenters. The first-order valence-corrected chi connectivity index (χ1v) is 16.8. The number of hydrogen-bond donors (Lipinski definition) is 0. The van der Waals surface area contributed by atoms with Gasteiger partial charge in [-0.1, -0.05) is 12.2 Å². The van der Waals surface area contributed by atoms with E-state index in [9.17, 15) is 13.0 Å². The summed E-state index contributed by atoms with van der Waals surface area (Å²) in [5.41, 5.74) is 5.91. The van der Waals surface area contributed by atoms with Crippen molar-refractivity contribution in [2.75, 3.05) is 30.8 Å². The van der Waals surface area contributed by atoms with E-state index >= 15 is 0 Å². The summed E-state index contributed by atoms with van der Waals surface area (Å²) < 4.78 is 70.6. The summed E-state index contributed by atoms with van der Waals surface area (Å²) in [6.07, 6.45) is 12.8. The third-order valence-electron chi connectivity index (χ3n) is 8.90. The molecule has 45 heavy (non-hydrogen) atoms. The van der Waals surface area contributed by atoms with Gasteiger partial charge in [0.2, 0.25) is 25.1 Å². The fourth-order valence-electron chi connectivity index (χ4n) is 6.71. The smallest absolute Gasteiger partial charge is 0.374 e. The van der Waals surface area contributed by atoms with Crippen molar-refractivity contribution >= 4 is 33.0 Å². The maximum atomic E-state index is 11.3. The minimum atomic E-state index is -4.33. The molecule has 0 bridgehead atoms. The lowest BCUT2D eigenvalue weighted by Gasteiger charge is -2.28. The first-order valence-electron chi connectivity index (χ1n) is 15.2. The van der Waals surface area contributed by atoms with Crippen molar-refractivity contribution in [1.82, 2.24) is 0 Å². The highest BCUT2D eigenvalue weighted by atomic mass is 32.2. The Morgan fingerprint density at radius 3 is 2.44 bits per heavy atom. The average molecular weight is 633 g/mol. The molecular weight excluding hydrogens is 600 g/mol. The first-order chi connectivity index (χ1) is 21.8. The van der Waals surface area contributed by atoms with E-state index in [2.05, 4.69) is 30.1 Å². The molecule has 11 nitrogen and oxygen atoms in total. The molecule has 0 radical (unpaired) electrons. The van der Waals surface area contributed by atoms with Gasteiger partial charge >= 0.3 is 5.89 Å². The average Bonchev–Trinajstić information content (AvgIpc) is 3.79. The Morgan fingerprint density at radius 1 is 0.933 bits per heavy atom. The molecule has 4 heterocycles. The molecule has 12 heteroatoms. The maximum absolute atomic E-state index is 11.3. The van der Waals surface area contributed by atoms with Crippen molar-refractivity contribution in [2.45, 2.75) is 45.6 Å². The van der Waals surface area contributed by atoms with Crippen LogP contribution in [0.25, 0.3) is 17.2 Å². The molecule has 0 amide bonds. The number of ether oxygens (including phenoxy) is 5. The van der Waals surface area contributed by atoms with Crippen molar-refractivity contribution < 1.29 is 45.6 Å². The van der Waals surface area contributed by atoms with Crippen LogP contribution in [0.1, 0.15) is 44.9 Å². The molecule has 3 aliphatic heterocycles. The molecule has 5 aliphatic rings. The van der Waals surface area contributed by atoms with E-state index < -0.39 is 15.9 Å². The summed E-state index contributed by atoms with van der Waals surface area (Å²) in [5, 5.41) is 0. The Labute approximate surface area is 260 Å². The largest absolute Gasteiger partial charge is 0.748 e. The summed E-state index contributed by atoms with van der Waals surface area (Å²) in [6, 6.07) is 7.50. The highest BCUT2D eigenvalue weighted by Crippen LogP contribution is 2.48. The minimum absolute atomic E-state index is 0.134. The van der Waals surface area contributed by atoms with Gasteiger partial charge in [-0.3, -0.25) is 0 Å². The summed E-state index contributed by atoms with van der Waals surface area (Å²) >= 11 is 0. The van der Waals surface area contributed by atoms with E-state index in [0.717, 1.165) is 66.4 Å². The van der Waals surface area contributed by atoms with Crippen LogP contribution in [0.5, 0.6) is 28.7 Å². The number of oxazole rings is 1. The third kappa shape index (κ3) is 5.31. The Hall–Kier alpha value is -4.42. The maximum Gasteiger partial charge on any atom is 0.374 e. The molecule has 0 saturated carbocycles. The topological polar surface area (TPSA) is 124 Å². The van der Waals surface area contributed by atoms with Crippen molar-refractivity contribution in [3.63, 3.8) is 0 Å². The number of fused-ring (bicyclic) bond motifs is 5. The van der Waals surface area contributed by atoms with Gasteiger partial charge in [-0.15, -0.1) is 0 Å². The molecule has 234 valence electrons. The van der Waals surface area contributed by atoms with Crippen LogP contribution >= 0.6 is 0 Å². The molecule has 0 saturated heterocycles. The lowest BCUT2D eigenvalue weighted by atomic mass is 9.77. The van der Waals surface area contributed by atoms with Gasteiger partial charge in [-0.25, -0.2) is 8.42 Å². The highest BCUT2D eigenvalue weighted by molar-refractivity contribution is 7.85. The zero-order valence-electron chi connectivity index (χ0n) is 24.7. The van der Waals surface area contributed by atoms with Crippen molar-refractivity contribution in [2.24, 2.45) is 5.92 Å². The van der Waals surface area contributed by atoms with Crippen LogP contribution < -0.4 is 33.2 Å². The van der Waals surface area contributed by atoms with Crippen LogP contribution in [0.2, 0.25) is 0 Å². The molecule has 0 fully saturated rings. The second kappa shape index (κ2) is 10.9. The van der Waals surface area contributed by atoms with Gasteiger partial charge in [-0.05, 0) is 55.2 Å². The van der Waals surface area contributed by atoms with E-state index in [1.807, 2.05) is 28.8 Å². The highest BCUT2D eigenvalue weighted by Gasteiger charge is 2.31. The van der Waals surface area contributed by atoms with E-state index in [0.29, 0.717) is 41.2 Å². The first kappa shape index (κ1) is 28.1. The molecule has 8 rings (SSSR count). The normalized spacial score (nSPS) is 21.6. The van der Waals surface area contributed by atoms with E-state index in [1.165, 1.54) is 11.1 Å². The summed E-state index contributed by atoms with van der Waals surface area (Å²) in [5.74, 6) is 4.80. The molecule has 1 unspecified atom stereocenters. The van der Waals surface area contributed by atoms with Crippen LogP contribution in [-0.2, 0) is 16.7 Å². The van der Waals surface area contributed by atoms with Crippen LogP contribution in [0.4, 0.5) is 5.69 Å². The number of benzene rings is 2. The van der Waals surface area contributed by atoms with E-state index in [-0.39, 0.29) is 20.0 Å². The number of aryl methyl sites for hydroxylation is 1. The number of anilines is 1. The monoisotopic (exact) mass is 632 g/mol. The zero-order chi connectivity index (χ0) is 30.7. The molecule has 0 N–H and O–H groups in total. The van der Waals surface area contributed by atoms with Crippen LogP contribution in [0.3, 0.4) is 0 Å². The fraction of sp³-hybridized carbons (Fsp3) is 0.364. The van der Waals surface area contributed by atoms with Gasteiger partial charge < -0.3 is 37.6 Å². The predicted octanol–water partition coefficient (Wildman–Crippen LogP) is 5.31. The van der Waals surface area contributed by atoms with Crippen molar-refractivity contribution in [3.05, 3.63) is 71.0 Å². The molecular formula is C33H32N2O9S. The number of rotatable bonds is 7. The summed E-state index contributed by atoms with van der Waals surface area (Å²) in [7, 11) is -4.33. The van der Waals surface area contributed by atoms with Gasteiger partial charge in [-0.2, -0.15) is 4.57 Å². The number of hydrogen-bond acceptors (Lipinski definition) is 10. The molecule has 2 aliphatic carbocycles. The van der Waals surface area contributed by atoms with Gasteiger partial charge in [0, 0.05) is 43.0 Å². The zero-order valence-corrected chi connectivity index (χ0v) is 25.6. The second-order valence-corrected chi connectivity index (χ2v) is 13.3. The van der Waals surface area contributed by atoms with E-state index in [1.54, 1.807) is 6.07 Å². The van der Waals surface area contributed by atoms with Gasteiger partial charge in [0.05, 0.1) is 27.9 Å². The molecule has 1 aromatic heterocycles. The Morgan fingerprint density at radius 2 is 1.67 bits per heavy atom. The SMILES string of the molecule is CCN1/C(=C/C2=CC3=C/C(=C/c4oc5cc6c(cc5[n+]4CCCS(=O)(=O)[O-])OCO6)CCC3CC2)Oc2cc3c(cc21)OCO3. The minimum Gasteiger partial charge on any atom is -0.748 e. The van der Waals surface area contributed by atoms with E-state index in [4.69, 9.17) is 28.1 Å². The van der Waals surface area contributed by atoms with Gasteiger partial charge in [0.15, 0.2) is 35.3 Å². The molecule has 2 aromatic carbocycles. The predicted molar refractivity (Wildman–Crippen MR) is 162 cm³/mol. The Bertz CT molecular complexity index is 1950. The van der Waals surface area contributed by atoms with Gasteiger partial charge in [0.25, 0.3) is 5.52 Å². The van der Waals surface area contributed by atoms with Crippen LogP contribution in [-0.4, -0.2) is 38.9 Å². The van der Waals surface area contributed by atoms with Gasteiger partial charge in [0.1, 0.15) is 0 Å². The third-order valence-corrected chi connectivity index (χ3v) is 9.69. The Balaban J connectivity index is 1.10. The summed E-state index contributed by atoms with van der Waals surface area (Å²) in [4.78, 5) is 2.15. The lowest BCUT2D eigenvalue weighted by Crippen LogP contribution is -2.36. The lowest BCUT2D eigenvalue weighted by molar-refractivity contribution is -0.677. The van der Waals surface area contributed by atoms with Crippen LogP contribution in [0.15, 0.2) is 69.5 Å². The fourth-order valence-corrected chi connectivity index (χ4v) is 7.19. The Kier molecular flexibility index (Phi) is 6.79. The number of aromatic nitrogens is 1. The summed E-state index contributed by atoms with van der Waals surface area (Å²) in [6.45, 7) is 3.52.